The molecule has 3 aromatic carbocycles. The van der Waals surface area contributed by atoms with Gasteiger partial charge in [0.15, 0.2) is 34.0 Å². The van der Waals surface area contributed by atoms with Crippen molar-refractivity contribution in [2.45, 2.75) is 215 Å². The minimum atomic E-state index is -1.24. The van der Waals surface area contributed by atoms with Gasteiger partial charge in [-0.3, -0.25) is 65.7 Å². The second kappa shape index (κ2) is 40.1. The molecule has 0 spiro atoms. The Morgan fingerprint density at radius 1 is 0.408 bits per heavy atom. The van der Waals surface area contributed by atoms with E-state index in [-0.39, 0.29) is 41.0 Å². The number of anilines is 3. The van der Waals surface area contributed by atoms with E-state index in [9.17, 15) is 19.2 Å². The number of halogens is 1. The predicted molar refractivity (Wildman–Crippen MR) is 499 cm³/mol. The highest BCUT2D eigenvalue weighted by atomic mass is 35.5. The molecule has 34 heteroatoms. The molecule has 18 rings (SSSR count). The number of benzene rings is 3. The van der Waals surface area contributed by atoms with E-state index < -0.39 is 16.1 Å². The molecule has 10 aromatic heterocycles. The maximum atomic E-state index is 14.0. The average molecular weight is 1750 g/mol. The Kier molecular flexibility index (Phi) is 28.3. The van der Waals surface area contributed by atoms with Crippen molar-refractivity contribution in [1.82, 2.24) is 96.8 Å². The lowest BCUT2D eigenvalue weighted by Crippen LogP contribution is -2.32. The van der Waals surface area contributed by atoms with Crippen LogP contribution in [0.25, 0.3) is 45.1 Å². The molecule has 656 valence electrons. The first-order valence-corrected chi connectivity index (χ1v) is 52.1. The monoisotopic (exact) mass is 1750 g/mol. The summed E-state index contributed by atoms with van der Waals surface area (Å²) in [7, 11) is -2.45. The third-order valence-electron chi connectivity index (χ3n) is 22.8. The summed E-state index contributed by atoms with van der Waals surface area (Å²) in [4.78, 5) is 98.1. The normalized spacial score (nSPS) is 14.4. The molecule has 5 aliphatic rings. The molecule has 0 amide bonds. The molecule has 0 bridgehead atoms. The van der Waals surface area contributed by atoms with Crippen molar-refractivity contribution in [1.29, 1.82) is 0 Å². The van der Waals surface area contributed by atoms with E-state index in [1.54, 1.807) is 18.6 Å². The second-order valence-corrected chi connectivity index (χ2v) is 46.7. The third kappa shape index (κ3) is 21.0. The van der Waals surface area contributed by atoms with Gasteiger partial charge in [-0.2, -0.15) is 40.3 Å². The molecule has 125 heavy (non-hydrogen) atoms. The Balaban J connectivity index is 0.000000130. The second-order valence-electron chi connectivity index (χ2n) is 35.1. The molecule has 15 heterocycles. The molecular formula is C91H116ClN25O6Si2. The van der Waals surface area contributed by atoms with Gasteiger partial charge >= 0.3 is 0 Å². The van der Waals surface area contributed by atoms with Crippen molar-refractivity contribution in [3.63, 3.8) is 0 Å². The Labute approximate surface area is 734 Å². The number of aromatic amines is 1. The highest BCUT2D eigenvalue weighted by Gasteiger charge is 2.32. The number of hydrogen-bond acceptors (Lipinski definition) is 21. The van der Waals surface area contributed by atoms with Gasteiger partial charge < -0.3 is 24.2 Å². The number of ether oxygens (including phenoxy) is 2. The maximum Gasteiger partial charge on any atom is 0.281 e. The van der Waals surface area contributed by atoms with Crippen LogP contribution in [-0.4, -0.2) is 177 Å². The lowest BCUT2D eigenvalue weighted by molar-refractivity contribution is 0.0907. The van der Waals surface area contributed by atoms with E-state index in [0.29, 0.717) is 129 Å². The van der Waals surface area contributed by atoms with Crippen LogP contribution in [0.2, 0.25) is 56.7 Å². The van der Waals surface area contributed by atoms with Crippen LogP contribution in [0, 0.1) is 0 Å². The topological polar surface area (TPSA) is 310 Å². The van der Waals surface area contributed by atoms with Crippen molar-refractivity contribution < 1.29 is 9.47 Å². The molecule has 5 aliphatic heterocycles. The summed E-state index contributed by atoms with van der Waals surface area (Å²) >= 11 is 6.15. The fourth-order valence-corrected chi connectivity index (χ4v) is 18.0. The van der Waals surface area contributed by atoms with Gasteiger partial charge in [0.05, 0.1) is 78.1 Å². The smallest absolute Gasteiger partial charge is 0.281 e. The summed E-state index contributed by atoms with van der Waals surface area (Å²) < 4.78 is 28.6. The Bertz CT molecular complexity index is 6170. The molecule has 0 atom stereocenters. The van der Waals surface area contributed by atoms with Gasteiger partial charge in [0.1, 0.15) is 25.1 Å². The van der Waals surface area contributed by atoms with E-state index in [1.165, 1.54) is 21.3 Å². The predicted octanol–water partition coefficient (Wildman–Crippen LogP) is 14.5. The number of nitrogens with zero attached hydrogens (tertiary/aromatic N) is 24. The van der Waals surface area contributed by atoms with E-state index in [2.05, 4.69) is 147 Å². The molecule has 0 radical (unpaired) electrons. The van der Waals surface area contributed by atoms with Crippen molar-refractivity contribution >= 4 is 91.0 Å². The molecule has 0 unspecified atom stereocenters. The Morgan fingerprint density at radius 3 is 1.16 bits per heavy atom. The highest BCUT2D eigenvalue weighted by molar-refractivity contribution is 6.76. The summed E-state index contributed by atoms with van der Waals surface area (Å²) in [5, 5.41) is 20.6. The molecule has 31 nitrogen and oxygen atoms in total. The standard InChI is InChI=1S/C28H39N7O2Si.C23H26N6O.C21H33N7O2Si.C19H18ClN5O/c1-5-13-34-27(36)24-25(31-28(34)32-14-9-10-15-32)30-26(35(24)21-37-16-17-38(2,3)4)23-18-29-33(20-23)19-22-11-7-6-8-12-22;1-2-10-29-22(30)19-13-20(25-21(19)26-23(29)27-11-6-7-12-27)18-14-24-28(16-18)15-17-8-4-3-5-9-17;1-5-8-27-20(29)17-18(25-21(27)26-9-6-7-10-26)24-19(16-13-22-23-14-16)28(17)15-30-11-12-31(2,3)4;1-2-8-25-18(26)15-9-16(22-17(15)23-19(25)20)14-10-21-24(12-14)11-13-6-4-3-5-7-13/h6-8,11-12,18,20H,5,9-10,13-17,19,21H2,1-4H3;3-5,8-9,14,16H,2,6-7,10-13,15H2,1H3;13-14H,5-12,15H2,1-4H3,(H,22,23);3-7,10,12H,2,8-9,11H2,1H3. The van der Waals surface area contributed by atoms with Crippen LogP contribution in [0.1, 0.15) is 131 Å². The molecule has 13 aromatic rings. The van der Waals surface area contributed by atoms with Crippen LogP contribution in [-0.2, 0) is 81.6 Å². The molecule has 1 N–H and O–H groups in total. The average Bonchev–Trinajstić information content (AvgIpc) is 1.61. The zero-order valence-corrected chi connectivity index (χ0v) is 76.5. The van der Waals surface area contributed by atoms with Crippen molar-refractivity contribution in [3.8, 4) is 22.8 Å². The van der Waals surface area contributed by atoms with Crippen molar-refractivity contribution in [2.24, 2.45) is 9.98 Å². The molecule has 0 aliphatic carbocycles. The van der Waals surface area contributed by atoms with E-state index in [0.717, 1.165) is 167 Å². The molecular weight excluding hydrogens is 1630 g/mol. The lowest BCUT2D eigenvalue weighted by atomic mass is 10.1. The summed E-state index contributed by atoms with van der Waals surface area (Å²) in [5.74, 6) is 4.58. The van der Waals surface area contributed by atoms with Crippen molar-refractivity contribution in [2.75, 3.05) is 67.2 Å². The zero-order valence-electron chi connectivity index (χ0n) is 73.8. The SMILES string of the molecule is CCCn1c(Cl)nc2c(c1=O)CC(c1cnn(Cc3ccccc3)c1)=N2.CCCn1c(N2CCCC2)nc2c(c1=O)CC(c1cnn(Cc3ccccc3)c1)=N2.CCCn1c(N2CCCC2)nc2nc(-c3cn[nH]c3)n(COCC[Si](C)(C)C)c2c1=O.CCCn1c(N2CCCC2)nc2nc(-c3cnn(Cc4ccccc4)c3)n(COCC[Si](C)(C)C)c2c1=O. The van der Waals surface area contributed by atoms with Gasteiger partial charge in [0.25, 0.3) is 22.2 Å². The van der Waals surface area contributed by atoms with Crippen LogP contribution < -0.4 is 36.9 Å². The first kappa shape index (κ1) is 88.2. The third-order valence-corrected chi connectivity index (χ3v) is 26.5. The first-order chi connectivity index (χ1) is 60.6. The highest BCUT2D eigenvalue weighted by Crippen LogP contribution is 2.33. The molecule has 3 fully saturated rings. The number of rotatable bonds is 31. The summed E-state index contributed by atoms with van der Waals surface area (Å²) in [6.45, 7) is 34.3. The van der Waals surface area contributed by atoms with Crippen LogP contribution in [0.3, 0.4) is 0 Å². The number of aromatic nitrogens is 20. The number of hydrogen-bond donors (Lipinski definition) is 1. The minimum Gasteiger partial charge on any atom is -0.361 e. The number of H-pyrrole nitrogens is 1. The van der Waals surface area contributed by atoms with Gasteiger partial charge in [-0.25, -0.2) is 20.0 Å². The van der Waals surface area contributed by atoms with Crippen LogP contribution in [0.5, 0.6) is 0 Å². The van der Waals surface area contributed by atoms with Gasteiger partial charge in [-0.05, 0) is 105 Å². The van der Waals surface area contributed by atoms with E-state index in [4.69, 9.17) is 51.0 Å². The van der Waals surface area contributed by atoms with E-state index in [1.807, 2.05) is 129 Å². The largest absolute Gasteiger partial charge is 0.361 e. The van der Waals surface area contributed by atoms with Gasteiger partial charge in [-0.15, -0.1) is 0 Å². The number of fused-ring (bicyclic) bond motifs is 4. The number of aliphatic imine (C=N–C) groups is 2. The van der Waals surface area contributed by atoms with Crippen molar-refractivity contribution in [3.05, 3.63) is 226 Å². The fourth-order valence-electron chi connectivity index (χ4n) is 16.2. The maximum absolute atomic E-state index is 14.0. The van der Waals surface area contributed by atoms with Gasteiger partial charge in [0.2, 0.25) is 23.1 Å². The van der Waals surface area contributed by atoms with E-state index >= 15 is 0 Å². The van der Waals surface area contributed by atoms with Crippen LogP contribution in [0.4, 0.5) is 29.5 Å². The summed E-state index contributed by atoms with van der Waals surface area (Å²) in [6, 6.07) is 32.7. The van der Waals surface area contributed by atoms with Crippen LogP contribution >= 0.6 is 11.6 Å². The van der Waals surface area contributed by atoms with Gasteiger partial charge in [0, 0.05) is 144 Å². The lowest BCUT2D eigenvalue weighted by Gasteiger charge is -2.21. The summed E-state index contributed by atoms with van der Waals surface area (Å²) in [6.07, 6.45) is 26.1. The fraction of sp³-hybridized carbons (Fsp3) is 0.451. The Morgan fingerprint density at radius 2 is 0.768 bits per heavy atom. The van der Waals surface area contributed by atoms with Gasteiger partial charge in [-0.1, -0.05) is 158 Å². The molecule has 3 saturated heterocycles. The Hall–Kier alpha value is -11.7. The number of imidazole rings is 2. The quantitative estimate of drug-likeness (QED) is 0.0240. The summed E-state index contributed by atoms with van der Waals surface area (Å²) in [5.41, 5.74) is 11.8. The number of nitrogens with one attached hydrogen (secondary N) is 1. The zero-order chi connectivity index (χ0) is 87.3. The minimum absolute atomic E-state index is 0.0511. The molecule has 0 saturated carbocycles. The van der Waals surface area contributed by atoms with Crippen LogP contribution in [0.15, 0.2) is 170 Å². The first-order valence-electron chi connectivity index (χ1n) is 44.3.